The predicted octanol–water partition coefficient (Wildman–Crippen LogP) is 4.18. The van der Waals surface area contributed by atoms with Crippen molar-refractivity contribution >= 4 is 22.5 Å². The fourth-order valence-electron chi connectivity index (χ4n) is 5.36. The molecular weight excluding hydrogens is 530 g/mol. The zero-order valence-electron chi connectivity index (χ0n) is 20.7. The van der Waals surface area contributed by atoms with Gasteiger partial charge in [-0.05, 0) is 24.1 Å². The summed E-state index contributed by atoms with van der Waals surface area (Å²) >= 11 is 0. The van der Waals surface area contributed by atoms with Crippen molar-refractivity contribution < 1.29 is 31.1 Å². The van der Waals surface area contributed by atoms with E-state index in [-0.39, 0.29) is 48.3 Å². The molecule has 0 bridgehead atoms. The van der Waals surface area contributed by atoms with E-state index in [1.165, 1.54) is 17.7 Å². The van der Waals surface area contributed by atoms with E-state index in [4.69, 9.17) is 4.74 Å². The monoisotopic (exact) mass is 554 g/mol. The van der Waals surface area contributed by atoms with Crippen LogP contribution in [0.15, 0.2) is 24.4 Å². The van der Waals surface area contributed by atoms with Gasteiger partial charge in [0.2, 0.25) is 11.8 Å². The molecule has 1 saturated carbocycles. The molecule has 2 aliphatic rings. The van der Waals surface area contributed by atoms with Gasteiger partial charge in [-0.25, -0.2) is 35.5 Å². The molecular formula is C24H24F6N8O. The summed E-state index contributed by atoms with van der Waals surface area (Å²) in [5.74, 6) is -3.32. The predicted molar refractivity (Wildman–Crippen MR) is 128 cm³/mol. The molecule has 4 aromatic rings. The standard InChI is InChI=1S/C24H24F6N8O/c1-39-22-21-20(12-2-3-17-18(6-12)37(35-33-17)11-19(27)28)15(26)10-38(21)34-23(32-22)31-16-4-5-36(9-14(16)25)13-7-24(29,30)8-13/h2-3,6,10,13-14,16,19H,4-5,7-9,11H2,1H3,(H,31,34)/t14-,16+/m1/s1. The van der Waals surface area contributed by atoms with Gasteiger partial charge in [0.05, 0.1) is 30.4 Å². The van der Waals surface area contributed by atoms with Crippen LogP contribution in [0.3, 0.4) is 0 Å². The van der Waals surface area contributed by atoms with Crippen LogP contribution in [0.1, 0.15) is 19.3 Å². The number of rotatable bonds is 7. The van der Waals surface area contributed by atoms with Crippen molar-refractivity contribution in [2.24, 2.45) is 0 Å². The van der Waals surface area contributed by atoms with Gasteiger partial charge in [-0.3, -0.25) is 4.90 Å². The molecule has 2 fully saturated rings. The summed E-state index contributed by atoms with van der Waals surface area (Å²) in [7, 11) is 1.34. The van der Waals surface area contributed by atoms with E-state index in [1.807, 2.05) is 0 Å². The van der Waals surface area contributed by atoms with Gasteiger partial charge in [-0.2, -0.15) is 4.98 Å². The Morgan fingerprint density at radius 2 is 2.03 bits per heavy atom. The van der Waals surface area contributed by atoms with Crippen molar-refractivity contribution in [1.82, 2.24) is 34.5 Å². The minimum atomic E-state index is -2.67. The molecule has 0 spiro atoms. The number of benzene rings is 1. The van der Waals surface area contributed by atoms with Crippen molar-refractivity contribution in [1.29, 1.82) is 0 Å². The molecule has 0 radical (unpaired) electrons. The van der Waals surface area contributed by atoms with Gasteiger partial charge in [0.1, 0.15) is 23.7 Å². The Morgan fingerprint density at radius 3 is 2.72 bits per heavy atom. The number of ether oxygens (including phenoxy) is 1. The maximum Gasteiger partial charge on any atom is 0.258 e. The number of piperidine rings is 1. The number of anilines is 1. The lowest BCUT2D eigenvalue weighted by Gasteiger charge is -2.46. The largest absolute Gasteiger partial charge is 0.479 e. The van der Waals surface area contributed by atoms with E-state index in [9.17, 15) is 22.0 Å². The number of methoxy groups -OCH3 is 1. The second kappa shape index (κ2) is 9.54. The van der Waals surface area contributed by atoms with Crippen molar-refractivity contribution in [3.05, 3.63) is 30.2 Å². The van der Waals surface area contributed by atoms with Gasteiger partial charge in [0, 0.05) is 32.0 Å². The number of hydrogen-bond donors (Lipinski definition) is 1. The van der Waals surface area contributed by atoms with Crippen LogP contribution in [-0.2, 0) is 6.54 Å². The lowest BCUT2D eigenvalue weighted by Crippen LogP contribution is -2.57. The third-order valence-electron chi connectivity index (χ3n) is 7.33. The third-order valence-corrected chi connectivity index (χ3v) is 7.33. The first-order valence-electron chi connectivity index (χ1n) is 12.4. The topological polar surface area (TPSA) is 85.4 Å². The fourth-order valence-corrected chi connectivity index (χ4v) is 5.36. The molecule has 3 aromatic heterocycles. The number of nitrogens with zero attached hydrogens (tertiary/aromatic N) is 7. The number of nitrogens with one attached hydrogen (secondary N) is 1. The van der Waals surface area contributed by atoms with Crippen molar-refractivity contribution in [3.63, 3.8) is 0 Å². The van der Waals surface area contributed by atoms with Crippen LogP contribution in [0.25, 0.3) is 27.7 Å². The lowest BCUT2D eigenvalue weighted by molar-refractivity contribution is -0.131. The first-order chi connectivity index (χ1) is 18.6. The van der Waals surface area contributed by atoms with Crippen molar-refractivity contribution in [2.45, 2.75) is 56.4 Å². The summed E-state index contributed by atoms with van der Waals surface area (Å²) in [5.41, 5.74) is 1.29. The molecule has 1 aliphatic heterocycles. The molecule has 15 heteroatoms. The summed E-state index contributed by atoms with van der Waals surface area (Å²) in [6.45, 7) is -0.207. The average Bonchev–Trinajstić information content (AvgIpc) is 3.42. The van der Waals surface area contributed by atoms with Crippen LogP contribution in [0.4, 0.5) is 32.3 Å². The van der Waals surface area contributed by atoms with Crippen LogP contribution in [-0.4, -0.2) is 85.3 Å². The average molecular weight is 554 g/mol. The molecule has 2 atom stereocenters. The minimum absolute atomic E-state index is 0.00633. The Morgan fingerprint density at radius 1 is 1.23 bits per heavy atom. The quantitative estimate of drug-likeness (QED) is 0.343. The first-order valence-corrected chi connectivity index (χ1v) is 12.4. The van der Waals surface area contributed by atoms with Crippen LogP contribution in [0.5, 0.6) is 5.88 Å². The van der Waals surface area contributed by atoms with Gasteiger partial charge in [0.25, 0.3) is 12.3 Å². The van der Waals surface area contributed by atoms with Gasteiger partial charge >= 0.3 is 0 Å². The molecule has 6 rings (SSSR count). The Kier molecular flexibility index (Phi) is 6.27. The van der Waals surface area contributed by atoms with Gasteiger partial charge in [-0.15, -0.1) is 10.2 Å². The fraction of sp³-hybridized carbons (Fsp3) is 0.500. The molecule has 1 N–H and O–H groups in total. The molecule has 9 nitrogen and oxygen atoms in total. The SMILES string of the molecule is COc1nc(N[C@H]2CCN(C3CC(F)(F)C3)C[C@H]2F)nn2cc(F)c(-c3ccc4nnn(CC(F)F)c4c3)c12. The minimum Gasteiger partial charge on any atom is -0.479 e. The van der Waals surface area contributed by atoms with E-state index in [0.29, 0.717) is 29.6 Å². The summed E-state index contributed by atoms with van der Waals surface area (Å²) in [5, 5.41) is 14.8. The highest BCUT2D eigenvalue weighted by molar-refractivity contribution is 5.89. The number of fused-ring (bicyclic) bond motifs is 2. The Balaban J connectivity index is 1.27. The summed E-state index contributed by atoms with van der Waals surface area (Å²) in [4.78, 5) is 6.06. The van der Waals surface area contributed by atoms with Crippen LogP contribution in [0.2, 0.25) is 0 Å². The molecule has 1 aliphatic carbocycles. The zero-order valence-corrected chi connectivity index (χ0v) is 20.7. The smallest absolute Gasteiger partial charge is 0.258 e. The van der Waals surface area contributed by atoms with Crippen LogP contribution >= 0.6 is 0 Å². The number of likely N-dealkylation sites (tertiary alicyclic amines) is 1. The van der Waals surface area contributed by atoms with E-state index in [2.05, 4.69) is 25.7 Å². The molecule has 208 valence electrons. The normalized spacial score (nSPS) is 22.1. The molecule has 0 amide bonds. The summed E-state index contributed by atoms with van der Waals surface area (Å²) < 4.78 is 90.3. The van der Waals surface area contributed by atoms with E-state index in [0.717, 1.165) is 10.9 Å². The van der Waals surface area contributed by atoms with Crippen molar-refractivity contribution in [2.75, 3.05) is 25.5 Å². The van der Waals surface area contributed by atoms with Gasteiger partial charge < -0.3 is 10.1 Å². The maximum absolute atomic E-state index is 15.3. The van der Waals surface area contributed by atoms with E-state index < -0.39 is 36.9 Å². The Hall–Kier alpha value is -3.62. The molecule has 1 aromatic carbocycles. The first kappa shape index (κ1) is 25.6. The van der Waals surface area contributed by atoms with Crippen LogP contribution < -0.4 is 10.1 Å². The molecule has 4 heterocycles. The van der Waals surface area contributed by atoms with E-state index in [1.54, 1.807) is 17.0 Å². The van der Waals surface area contributed by atoms with E-state index >= 15 is 4.39 Å². The molecule has 39 heavy (non-hydrogen) atoms. The van der Waals surface area contributed by atoms with Crippen molar-refractivity contribution in [3.8, 4) is 17.0 Å². The highest BCUT2D eigenvalue weighted by Crippen LogP contribution is 2.41. The molecule has 0 unspecified atom stereocenters. The highest BCUT2D eigenvalue weighted by Gasteiger charge is 2.49. The number of halogens is 6. The van der Waals surface area contributed by atoms with Crippen LogP contribution in [0, 0.1) is 5.82 Å². The highest BCUT2D eigenvalue weighted by atomic mass is 19.3. The maximum atomic E-state index is 15.3. The molecule has 1 saturated heterocycles. The summed E-state index contributed by atoms with van der Waals surface area (Å²) in [6.07, 6.45) is -3.05. The summed E-state index contributed by atoms with van der Waals surface area (Å²) in [6, 6.07) is 3.63. The number of hydrogen-bond acceptors (Lipinski definition) is 7. The number of alkyl halides is 5. The Bertz CT molecular complexity index is 1520. The second-order valence-electron chi connectivity index (χ2n) is 9.92. The van der Waals surface area contributed by atoms with Gasteiger partial charge in [-0.1, -0.05) is 11.3 Å². The zero-order chi connectivity index (χ0) is 27.5. The number of aromatic nitrogens is 6. The second-order valence-corrected chi connectivity index (χ2v) is 9.92. The Labute approximate surface area is 217 Å². The van der Waals surface area contributed by atoms with Gasteiger partial charge in [0.15, 0.2) is 5.82 Å². The lowest BCUT2D eigenvalue weighted by atomic mass is 9.85. The third kappa shape index (κ3) is 4.72.